The van der Waals surface area contributed by atoms with Crippen LogP contribution in [0.1, 0.15) is 10.4 Å². The monoisotopic (exact) mass is 194 g/mol. The zero-order valence-electron chi connectivity index (χ0n) is 6.51. The molecule has 66 valence electrons. The Morgan fingerprint density at radius 3 is 2.77 bits per heavy atom. The first-order valence-electron chi connectivity index (χ1n) is 3.64. The summed E-state index contributed by atoms with van der Waals surface area (Å²) >= 11 is 4.04. The predicted molar refractivity (Wildman–Crippen MR) is 48.5 cm³/mol. The van der Waals surface area contributed by atoms with Gasteiger partial charge in [-0.25, -0.2) is 14.8 Å². The van der Waals surface area contributed by atoms with Crippen LogP contribution < -0.4 is 10.7 Å². The van der Waals surface area contributed by atoms with Gasteiger partial charge in [0, 0.05) is 0 Å². The smallest absolute Gasteiger partial charge is 0.335 e. The Labute approximate surface area is 79.1 Å². The van der Waals surface area contributed by atoms with Gasteiger partial charge in [0.25, 0.3) is 0 Å². The van der Waals surface area contributed by atoms with E-state index in [4.69, 9.17) is 5.11 Å². The maximum atomic E-state index is 10.6. The zero-order valence-corrected chi connectivity index (χ0v) is 7.40. The van der Waals surface area contributed by atoms with Crippen molar-refractivity contribution in [1.29, 1.82) is 0 Å². The Bertz CT molecular complexity index is 483. The van der Waals surface area contributed by atoms with Gasteiger partial charge in [0.1, 0.15) is 0 Å². The Hall–Kier alpha value is -1.36. The van der Waals surface area contributed by atoms with Crippen LogP contribution in [0.5, 0.6) is 0 Å². The number of fused-ring (bicyclic) bond motifs is 1. The molecule has 5 heteroatoms. The summed E-state index contributed by atoms with van der Waals surface area (Å²) < 4.78 is 0. The number of carbonyl (C=O) groups is 1. The summed E-state index contributed by atoms with van der Waals surface area (Å²) in [5.41, 5.74) is -0.167. The van der Waals surface area contributed by atoms with Gasteiger partial charge in [-0.05, 0) is 18.2 Å². The highest BCUT2D eigenvalue weighted by Gasteiger charge is 2.07. The third-order valence-corrected chi connectivity index (χ3v) is 1.96. The minimum absolute atomic E-state index is 0.222. The average Bonchev–Trinajstić information content (AvgIpc) is 2.42. The molecule has 1 aromatic rings. The highest BCUT2D eigenvalue weighted by atomic mass is 32.1. The second kappa shape index (κ2) is 2.85. The van der Waals surface area contributed by atoms with Gasteiger partial charge in [-0.2, -0.15) is 0 Å². The molecule has 0 saturated carbocycles. The molecule has 0 bridgehead atoms. The van der Waals surface area contributed by atoms with E-state index < -0.39 is 5.97 Å². The lowest BCUT2D eigenvalue weighted by atomic mass is 10.2. The Balaban J connectivity index is 2.66. The molecule has 0 radical (unpaired) electrons. The fourth-order valence-corrected chi connectivity index (χ4v) is 1.40. The fraction of sp³-hybridized carbons (Fsp3) is 0.125. The number of hydrogen-bond acceptors (Lipinski definition) is 4. The molecule has 1 heterocycles. The lowest BCUT2D eigenvalue weighted by Gasteiger charge is -1.89. The van der Waals surface area contributed by atoms with E-state index in [-0.39, 0.29) is 11.1 Å². The lowest BCUT2D eigenvalue weighted by molar-refractivity contribution is 0.0696. The number of carboxylic acid groups (broad SMARTS) is 1. The highest BCUT2D eigenvalue weighted by molar-refractivity contribution is 7.80. The normalized spacial score (nSPS) is 18.7. The van der Waals surface area contributed by atoms with E-state index in [2.05, 4.69) is 22.6 Å². The van der Waals surface area contributed by atoms with Crippen LogP contribution in [-0.2, 0) is 0 Å². The maximum absolute atomic E-state index is 10.6. The average molecular weight is 194 g/mol. The van der Waals surface area contributed by atoms with Crippen LogP contribution in [-0.4, -0.2) is 16.6 Å². The van der Waals surface area contributed by atoms with E-state index >= 15 is 0 Å². The summed E-state index contributed by atoms with van der Waals surface area (Å²) in [6.07, 6.45) is 0. The van der Waals surface area contributed by atoms with E-state index in [1.54, 1.807) is 6.07 Å². The summed E-state index contributed by atoms with van der Waals surface area (Å²) in [5.74, 6) is -0.958. The van der Waals surface area contributed by atoms with Crippen LogP contribution in [0.2, 0.25) is 0 Å². The van der Waals surface area contributed by atoms with Gasteiger partial charge in [0.05, 0.1) is 16.3 Å². The summed E-state index contributed by atoms with van der Waals surface area (Å²) in [7, 11) is 0. The Morgan fingerprint density at radius 1 is 1.38 bits per heavy atom. The molecule has 1 unspecified atom stereocenters. The topological polar surface area (TPSA) is 62.0 Å². The van der Waals surface area contributed by atoms with Gasteiger partial charge in [-0.3, -0.25) is 0 Å². The van der Waals surface area contributed by atoms with Crippen molar-refractivity contribution in [2.75, 3.05) is 0 Å². The Kier molecular flexibility index (Phi) is 1.81. The summed E-state index contributed by atoms with van der Waals surface area (Å²) in [5, 5.41) is 9.99. The molecule has 2 rings (SSSR count). The number of hydrogen-bond donors (Lipinski definition) is 2. The Morgan fingerprint density at radius 2 is 2.08 bits per heavy atom. The predicted octanol–water partition coefficient (Wildman–Crippen LogP) is -0.149. The van der Waals surface area contributed by atoms with Crippen molar-refractivity contribution in [1.82, 2.24) is 0 Å². The molecule has 4 nitrogen and oxygen atoms in total. The van der Waals surface area contributed by atoms with Crippen LogP contribution in [0, 0.1) is 0 Å². The van der Waals surface area contributed by atoms with Gasteiger partial charge < -0.3 is 5.11 Å². The van der Waals surface area contributed by atoms with Crippen LogP contribution in [0.3, 0.4) is 0 Å². The van der Waals surface area contributed by atoms with Crippen LogP contribution in [0.4, 0.5) is 0 Å². The van der Waals surface area contributed by atoms with Crippen LogP contribution in [0.25, 0.3) is 0 Å². The molecule has 0 fully saturated rings. The maximum Gasteiger partial charge on any atom is 0.335 e. The number of benzene rings is 1. The van der Waals surface area contributed by atoms with E-state index in [9.17, 15) is 4.79 Å². The van der Waals surface area contributed by atoms with Crippen molar-refractivity contribution in [3.63, 3.8) is 0 Å². The first-order chi connectivity index (χ1) is 6.16. The number of thiol groups is 1. The van der Waals surface area contributed by atoms with Crippen molar-refractivity contribution < 1.29 is 9.90 Å². The number of carboxylic acids is 1. The van der Waals surface area contributed by atoms with Crippen molar-refractivity contribution in [3.05, 3.63) is 34.5 Å². The summed E-state index contributed by atoms with van der Waals surface area (Å²) in [6.45, 7) is 0. The van der Waals surface area contributed by atoms with Crippen LogP contribution in [0.15, 0.2) is 28.2 Å². The van der Waals surface area contributed by atoms with Gasteiger partial charge in [0.2, 0.25) is 0 Å². The molecule has 1 aliphatic heterocycles. The molecular weight excluding hydrogens is 188 g/mol. The van der Waals surface area contributed by atoms with E-state index in [1.165, 1.54) is 12.1 Å². The molecule has 0 spiro atoms. The first kappa shape index (κ1) is 8.25. The lowest BCUT2D eigenvalue weighted by Crippen LogP contribution is -2.22. The third kappa shape index (κ3) is 1.42. The molecule has 0 amide bonds. The second-order valence-corrected chi connectivity index (χ2v) is 3.08. The molecular formula is C8H6N2O2S. The molecule has 13 heavy (non-hydrogen) atoms. The van der Waals surface area contributed by atoms with Gasteiger partial charge in [-0.1, -0.05) is 0 Å². The van der Waals surface area contributed by atoms with Gasteiger partial charge in [-0.15, -0.1) is 12.6 Å². The number of nitrogens with zero attached hydrogens (tertiary/aromatic N) is 2. The van der Waals surface area contributed by atoms with Crippen molar-refractivity contribution >= 4 is 18.6 Å². The first-order valence-corrected chi connectivity index (χ1v) is 4.15. The molecule has 0 aromatic heterocycles. The zero-order chi connectivity index (χ0) is 9.42. The van der Waals surface area contributed by atoms with E-state index in [1.807, 2.05) is 0 Å². The van der Waals surface area contributed by atoms with Crippen molar-refractivity contribution in [2.45, 2.75) is 5.50 Å². The fourth-order valence-electron chi connectivity index (χ4n) is 1.15. The SMILES string of the molecule is O=C(O)c1ccc2c(c1)=NC(S)N=2. The molecule has 1 aromatic carbocycles. The quantitative estimate of drug-likeness (QED) is 0.611. The number of rotatable bonds is 1. The number of aromatic carboxylic acids is 1. The largest absolute Gasteiger partial charge is 0.478 e. The minimum atomic E-state index is -0.958. The standard InChI is InChI=1S/C8H6N2O2S/c11-7(12)4-1-2-5-6(3-4)10-8(13)9-5/h1-3,8,13H,(H,11,12). The molecule has 0 saturated heterocycles. The van der Waals surface area contributed by atoms with Gasteiger partial charge >= 0.3 is 5.97 Å². The van der Waals surface area contributed by atoms with Gasteiger partial charge in [0.15, 0.2) is 5.50 Å². The minimum Gasteiger partial charge on any atom is -0.478 e. The summed E-state index contributed by atoms with van der Waals surface area (Å²) in [6, 6.07) is 4.64. The van der Waals surface area contributed by atoms with E-state index in [0.29, 0.717) is 10.7 Å². The molecule has 1 atom stereocenters. The second-order valence-electron chi connectivity index (χ2n) is 2.61. The summed E-state index contributed by atoms with van der Waals surface area (Å²) in [4.78, 5) is 18.7. The van der Waals surface area contributed by atoms with Crippen LogP contribution >= 0.6 is 12.6 Å². The third-order valence-electron chi connectivity index (χ3n) is 1.73. The highest BCUT2D eigenvalue weighted by Crippen LogP contribution is 2.00. The molecule has 0 aliphatic carbocycles. The van der Waals surface area contributed by atoms with Crippen molar-refractivity contribution in [3.8, 4) is 0 Å². The van der Waals surface area contributed by atoms with Crippen molar-refractivity contribution in [2.24, 2.45) is 9.98 Å². The van der Waals surface area contributed by atoms with E-state index in [0.717, 1.165) is 0 Å². The molecule has 1 aliphatic rings. The molecule has 1 N–H and O–H groups in total.